The van der Waals surface area contributed by atoms with Gasteiger partial charge in [-0.25, -0.2) is 9.19 Å². The molecule has 1 aromatic carbocycles. The third-order valence-electron chi connectivity index (χ3n) is 1.75. The Labute approximate surface area is 106 Å². The molecule has 1 unspecified atom stereocenters. The minimum atomic E-state index is -2.00. The van der Waals surface area contributed by atoms with Crippen molar-refractivity contribution in [2.45, 2.75) is 5.03 Å². The van der Waals surface area contributed by atoms with Crippen LogP contribution in [0.4, 0.5) is 0 Å². The van der Waals surface area contributed by atoms with E-state index in [1.807, 2.05) is 24.3 Å². The molecule has 0 saturated heterocycles. The van der Waals surface area contributed by atoms with Gasteiger partial charge < -0.3 is 4.55 Å². The maximum atomic E-state index is 10.7. The molecule has 1 atom stereocenters. The van der Waals surface area contributed by atoms with Gasteiger partial charge in [-0.3, -0.25) is 0 Å². The predicted octanol–water partition coefficient (Wildman–Crippen LogP) is 1.17. The number of fused-ring (bicyclic) bond motifs is 1. The molecule has 0 fully saturated rings. The second-order valence-electron chi connectivity index (χ2n) is 2.59. The van der Waals surface area contributed by atoms with Crippen molar-refractivity contribution in [2.24, 2.45) is 0 Å². The second kappa shape index (κ2) is 5.00. The molecule has 0 spiro atoms. The van der Waals surface area contributed by atoms with Crippen molar-refractivity contribution in [1.29, 1.82) is 0 Å². The average Bonchev–Trinajstić information content (AvgIpc) is 2.17. The molecule has 0 aliphatic heterocycles. The molecule has 0 aliphatic carbocycles. The van der Waals surface area contributed by atoms with E-state index in [0.29, 0.717) is 0 Å². The third kappa shape index (κ3) is 2.40. The van der Waals surface area contributed by atoms with Crippen LogP contribution in [0, 0.1) is 0 Å². The molecule has 1 heterocycles. The Bertz CT molecular complexity index is 475. The van der Waals surface area contributed by atoms with Gasteiger partial charge in [-0.2, -0.15) is 0 Å². The van der Waals surface area contributed by atoms with E-state index in [4.69, 9.17) is 4.55 Å². The molecule has 0 amide bonds. The Morgan fingerprint density at radius 2 is 1.86 bits per heavy atom. The summed E-state index contributed by atoms with van der Waals surface area (Å²) in [4.78, 5) is 4.02. The summed E-state index contributed by atoms with van der Waals surface area (Å²) in [6.07, 6.45) is 0. The first-order valence-electron chi connectivity index (χ1n) is 3.74. The van der Waals surface area contributed by atoms with E-state index in [1.165, 1.54) is 0 Å². The van der Waals surface area contributed by atoms with Crippen molar-refractivity contribution >= 4 is 51.5 Å². The van der Waals surface area contributed by atoms with Crippen molar-refractivity contribution in [3.63, 3.8) is 0 Å². The molecule has 0 bridgehead atoms. The van der Waals surface area contributed by atoms with Crippen LogP contribution < -0.4 is 0 Å². The fourth-order valence-corrected chi connectivity index (χ4v) is 1.51. The van der Waals surface area contributed by atoms with Crippen molar-refractivity contribution in [2.75, 3.05) is 0 Å². The molecule has 14 heavy (non-hydrogen) atoms. The molecular weight excluding hydrogens is 209 g/mol. The van der Waals surface area contributed by atoms with E-state index in [1.54, 1.807) is 12.1 Å². The van der Waals surface area contributed by atoms with Gasteiger partial charge in [0.1, 0.15) is 0 Å². The number of hydrogen-bond donors (Lipinski definition) is 1. The van der Waals surface area contributed by atoms with Gasteiger partial charge in [-0.15, -0.1) is 0 Å². The van der Waals surface area contributed by atoms with E-state index in [2.05, 4.69) is 4.98 Å². The van der Waals surface area contributed by atoms with Gasteiger partial charge in [-0.05, 0) is 18.2 Å². The van der Waals surface area contributed by atoms with Crippen LogP contribution in [0.1, 0.15) is 0 Å². The fourth-order valence-electron chi connectivity index (χ4n) is 1.14. The molecule has 3 nitrogen and oxygen atoms in total. The quantitative estimate of drug-likeness (QED) is 0.576. The van der Waals surface area contributed by atoms with Gasteiger partial charge in [0.2, 0.25) is 11.1 Å². The van der Waals surface area contributed by atoms with Gasteiger partial charge >= 0.3 is 29.6 Å². The Kier molecular flexibility index (Phi) is 4.22. The molecule has 0 aliphatic rings. The Morgan fingerprint density at radius 3 is 2.57 bits per heavy atom. The first kappa shape index (κ1) is 11.8. The molecule has 1 N–H and O–H groups in total. The molecule has 1 aromatic heterocycles. The SMILES string of the molecule is O=S(O)c1ccc2ccccc2n1.[NaH]. The molecule has 68 valence electrons. The van der Waals surface area contributed by atoms with Crippen LogP contribution in [0.25, 0.3) is 10.9 Å². The number of aromatic nitrogens is 1. The van der Waals surface area contributed by atoms with Crippen LogP contribution in [0.5, 0.6) is 0 Å². The van der Waals surface area contributed by atoms with Crippen LogP contribution in [0.15, 0.2) is 41.4 Å². The van der Waals surface area contributed by atoms with Gasteiger partial charge in [0, 0.05) is 5.39 Å². The summed E-state index contributed by atoms with van der Waals surface area (Å²) in [6.45, 7) is 0. The zero-order valence-electron chi connectivity index (χ0n) is 6.68. The Morgan fingerprint density at radius 1 is 1.14 bits per heavy atom. The molecule has 5 heteroatoms. The van der Waals surface area contributed by atoms with Crippen molar-refractivity contribution < 1.29 is 8.76 Å². The van der Waals surface area contributed by atoms with Gasteiger partial charge in [-0.1, -0.05) is 18.2 Å². The maximum absolute atomic E-state index is 10.7. The zero-order valence-corrected chi connectivity index (χ0v) is 7.49. The summed E-state index contributed by atoms with van der Waals surface area (Å²) in [6, 6.07) is 10.8. The Balaban J connectivity index is 0.000000980. The van der Waals surface area contributed by atoms with Crippen molar-refractivity contribution in [1.82, 2.24) is 4.98 Å². The zero-order chi connectivity index (χ0) is 9.26. The summed E-state index contributed by atoms with van der Waals surface area (Å²) in [7, 11) is 0. The standard InChI is InChI=1S/C9H7NO2S.Na.H/c11-13(12)9-6-5-7-3-1-2-4-8(7)10-9;;/h1-6H,(H,11,12);;. The van der Waals surface area contributed by atoms with Crippen LogP contribution in [0.3, 0.4) is 0 Å². The fraction of sp³-hybridized carbons (Fsp3) is 0. The topological polar surface area (TPSA) is 50.2 Å². The Hall–Kier alpha value is -0.260. The summed E-state index contributed by atoms with van der Waals surface area (Å²) in [5.74, 6) is 0. The number of pyridine rings is 1. The molecule has 2 aromatic rings. The van der Waals surface area contributed by atoms with Gasteiger partial charge in [0.15, 0.2) is 5.03 Å². The first-order valence-corrected chi connectivity index (χ1v) is 4.85. The van der Waals surface area contributed by atoms with Crippen LogP contribution in [-0.2, 0) is 11.1 Å². The van der Waals surface area contributed by atoms with Crippen LogP contribution in [0.2, 0.25) is 0 Å². The minimum absolute atomic E-state index is 0. The van der Waals surface area contributed by atoms with E-state index >= 15 is 0 Å². The van der Waals surface area contributed by atoms with E-state index < -0.39 is 11.1 Å². The molecular formula is C9H8NNaO2S. The average molecular weight is 217 g/mol. The first-order chi connectivity index (χ1) is 6.27. The van der Waals surface area contributed by atoms with Gasteiger partial charge in [0.05, 0.1) is 5.52 Å². The predicted molar refractivity (Wildman–Crippen MR) is 57.9 cm³/mol. The van der Waals surface area contributed by atoms with Gasteiger partial charge in [0.25, 0.3) is 0 Å². The summed E-state index contributed by atoms with van der Waals surface area (Å²) >= 11 is -2.00. The van der Waals surface area contributed by atoms with E-state index in [9.17, 15) is 4.21 Å². The monoisotopic (exact) mass is 217 g/mol. The van der Waals surface area contributed by atoms with E-state index in [0.717, 1.165) is 10.9 Å². The molecule has 0 saturated carbocycles. The number of benzene rings is 1. The second-order valence-corrected chi connectivity index (χ2v) is 3.51. The molecule has 0 radical (unpaired) electrons. The van der Waals surface area contributed by atoms with Crippen molar-refractivity contribution in [3.05, 3.63) is 36.4 Å². The normalized spacial score (nSPS) is 12.1. The van der Waals surface area contributed by atoms with Crippen molar-refractivity contribution in [3.8, 4) is 0 Å². The summed E-state index contributed by atoms with van der Waals surface area (Å²) in [5, 5.41) is 1.16. The summed E-state index contributed by atoms with van der Waals surface area (Å²) < 4.78 is 19.5. The van der Waals surface area contributed by atoms with Crippen LogP contribution >= 0.6 is 0 Å². The van der Waals surface area contributed by atoms with E-state index in [-0.39, 0.29) is 34.6 Å². The number of nitrogens with zero attached hydrogens (tertiary/aromatic N) is 1. The number of hydrogen-bond acceptors (Lipinski definition) is 2. The molecule has 2 rings (SSSR count). The number of para-hydroxylation sites is 1. The third-order valence-corrected chi connectivity index (χ3v) is 2.34. The number of rotatable bonds is 1. The van der Waals surface area contributed by atoms with Crippen LogP contribution in [-0.4, -0.2) is 43.3 Å². The summed E-state index contributed by atoms with van der Waals surface area (Å²) in [5.41, 5.74) is 0.738.